The molecule has 6 nitrogen and oxygen atoms in total. The van der Waals surface area contributed by atoms with Crippen molar-refractivity contribution in [1.82, 2.24) is 0 Å². The van der Waals surface area contributed by atoms with Crippen molar-refractivity contribution in [1.29, 1.82) is 0 Å². The maximum absolute atomic E-state index is 11.8. The molecule has 0 saturated carbocycles. The van der Waals surface area contributed by atoms with Gasteiger partial charge in [0, 0.05) is 12.2 Å². The molecule has 1 rings (SSSR count). The van der Waals surface area contributed by atoms with Gasteiger partial charge in [-0.2, -0.15) is 0 Å². The Morgan fingerprint density at radius 1 is 0.955 bits per heavy atom. The third kappa shape index (κ3) is 5.63. The largest absolute Gasteiger partial charge is 0.494 e. The molecule has 0 aliphatic heterocycles. The van der Waals surface area contributed by atoms with Crippen LogP contribution in [0, 0.1) is 5.92 Å². The van der Waals surface area contributed by atoms with E-state index in [1.54, 1.807) is 13.8 Å². The fourth-order valence-corrected chi connectivity index (χ4v) is 1.80. The van der Waals surface area contributed by atoms with E-state index in [1.807, 2.05) is 31.2 Å². The molecular formula is C16H23NO5. The van der Waals surface area contributed by atoms with Crippen LogP contribution >= 0.6 is 0 Å². The number of carbonyl (C=O) groups excluding carboxylic acids is 2. The number of carbonyl (C=O) groups is 2. The Labute approximate surface area is 130 Å². The lowest BCUT2D eigenvalue weighted by Gasteiger charge is -2.16. The summed E-state index contributed by atoms with van der Waals surface area (Å²) in [6.07, 6.45) is 0. The van der Waals surface area contributed by atoms with Gasteiger partial charge in [0.15, 0.2) is 5.92 Å². The van der Waals surface area contributed by atoms with Gasteiger partial charge in [-0.25, -0.2) is 0 Å². The van der Waals surface area contributed by atoms with Gasteiger partial charge in [0.05, 0.1) is 19.8 Å². The Bertz CT molecular complexity index is 454. The number of rotatable bonds is 9. The zero-order valence-electron chi connectivity index (χ0n) is 13.3. The number of hydrogen-bond acceptors (Lipinski definition) is 6. The van der Waals surface area contributed by atoms with Gasteiger partial charge in [0.1, 0.15) is 5.75 Å². The minimum Gasteiger partial charge on any atom is -0.494 e. The summed E-state index contributed by atoms with van der Waals surface area (Å²) in [5.74, 6) is -1.38. The van der Waals surface area contributed by atoms with Crippen LogP contribution in [0.25, 0.3) is 0 Å². The molecule has 122 valence electrons. The van der Waals surface area contributed by atoms with Crippen molar-refractivity contribution in [3.8, 4) is 5.75 Å². The summed E-state index contributed by atoms with van der Waals surface area (Å²) in [5.41, 5.74) is 0.780. The number of anilines is 1. The summed E-state index contributed by atoms with van der Waals surface area (Å²) in [5, 5.41) is 3.04. The number of hydrogen-bond donors (Lipinski definition) is 1. The molecule has 22 heavy (non-hydrogen) atoms. The van der Waals surface area contributed by atoms with Crippen LogP contribution in [0.1, 0.15) is 20.8 Å². The van der Waals surface area contributed by atoms with Crippen molar-refractivity contribution in [3.05, 3.63) is 24.3 Å². The molecule has 0 unspecified atom stereocenters. The van der Waals surface area contributed by atoms with E-state index in [0.717, 1.165) is 11.4 Å². The van der Waals surface area contributed by atoms with E-state index in [4.69, 9.17) is 14.2 Å². The van der Waals surface area contributed by atoms with Crippen LogP contribution in [0.3, 0.4) is 0 Å². The minimum absolute atomic E-state index is 0.117. The summed E-state index contributed by atoms with van der Waals surface area (Å²) < 4.78 is 15.2. The zero-order valence-corrected chi connectivity index (χ0v) is 13.3. The van der Waals surface area contributed by atoms with Crippen LogP contribution < -0.4 is 10.1 Å². The van der Waals surface area contributed by atoms with E-state index in [0.29, 0.717) is 6.61 Å². The normalized spacial score (nSPS) is 10.2. The predicted molar refractivity (Wildman–Crippen MR) is 82.9 cm³/mol. The lowest BCUT2D eigenvalue weighted by Crippen LogP contribution is -2.33. The first kappa shape index (κ1) is 17.8. The minimum atomic E-state index is -0.980. The second-order valence-corrected chi connectivity index (χ2v) is 4.39. The fourth-order valence-electron chi connectivity index (χ4n) is 1.80. The van der Waals surface area contributed by atoms with Crippen molar-refractivity contribution < 1.29 is 23.8 Å². The summed E-state index contributed by atoms with van der Waals surface area (Å²) in [6.45, 7) is 6.46. The molecule has 0 aliphatic carbocycles. The Morgan fingerprint density at radius 2 is 1.50 bits per heavy atom. The van der Waals surface area contributed by atoms with Crippen molar-refractivity contribution >= 4 is 17.6 Å². The number of esters is 2. The fraction of sp³-hybridized carbons (Fsp3) is 0.500. The molecule has 0 fully saturated rings. The van der Waals surface area contributed by atoms with E-state index < -0.39 is 17.9 Å². The van der Waals surface area contributed by atoms with Crippen molar-refractivity contribution in [2.24, 2.45) is 5.92 Å². The molecule has 1 N–H and O–H groups in total. The molecule has 0 heterocycles. The van der Waals surface area contributed by atoms with Crippen LogP contribution in [0.15, 0.2) is 24.3 Å². The number of nitrogens with one attached hydrogen (secondary N) is 1. The molecule has 0 amide bonds. The average Bonchev–Trinajstić information content (AvgIpc) is 2.50. The molecule has 0 atom stereocenters. The summed E-state index contributed by atoms with van der Waals surface area (Å²) in [6, 6.07) is 7.27. The third-order valence-corrected chi connectivity index (χ3v) is 2.82. The first-order valence-corrected chi connectivity index (χ1v) is 7.42. The van der Waals surface area contributed by atoms with Crippen LogP contribution in [-0.2, 0) is 19.1 Å². The second-order valence-electron chi connectivity index (χ2n) is 4.39. The monoisotopic (exact) mass is 309 g/mol. The van der Waals surface area contributed by atoms with E-state index in [2.05, 4.69) is 5.32 Å². The molecule has 1 aromatic rings. The molecule has 0 saturated heterocycles. The number of benzene rings is 1. The zero-order chi connectivity index (χ0) is 16.4. The highest BCUT2D eigenvalue weighted by Gasteiger charge is 2.29. The maximum atomic E-state index is 11.8. The Morgan fingerprint density at radius 3 is 1.95 bits per heavy atom. The molecule has 0 aromatic heterocycles. The van der Waals surface area contributed by atoms with Crippen molar-refractivity contribution in [3.63, 3.8) is 0 Å². The average molecular weight is 309 g/mol. The van der Waals surface area contributed by atoms with E-state index >= 15 is 0 Å². The Balaban J connectivity index is 2.65. The predicted octanol–water partition coefficient (Wildman–Crippen LogP) is 2.24. The Hall–Kier alpha value is -2.24. The molecule has 0 aliphatic rings. The van der Waals surface area contributed by atoms with Crippen LogP contribution in [0.4, 0.5) is 5.69 Å². The van der Waals surface area contributed by atoms with Gasteiger partial charge in [0.2, 0.25) is 0 Å². The van der Waals surface area contributed by atoms with E-state index in [-0.39, 0.29) is 19.8 Å². The molecular weight excluding hydrogens is 286 g/mol. The maximum Gasteiger partial charge on any atom is 0.322 e. The van der Waals surface area contributed by atoms with Gasteiger partial charge in [0.25, 0.3) is 0 Å². The number of ether oxygens (including phenoxy) is 3. The lowest BCUT2D eigenvalue weighted by atomic mass is 10.1. The van der Waals surface area contributed by atoms with Crippen molar-refractivity contribution in [2.45, 2.75) is 20.8 Å². The van der Waals surface area contributed by atoms with Gasteiger partial charge in [-0.1, -0.05) is 0 Å². The third-order valence-electron chi connectivity index (χ3n) is 2.82. The van der Waals surface area contributed by atoms with Crippen LogP contribution in [0.5, 0.6) is 5.75 Å². The van der Waals surface area contributed by atoms with Gasteiger partial charge in [-0.05, 0) is 45.0 Å². The summed E-state index contributed by atoms with van der Waals surface area (Å²) >= 11 is 0. The summed E-state index contributed by atoms with van der Waals surface area (Å²) in [4.78, 5) is 23.7. The first-order chi connectivity index (χ1) is 10.6. The van der Waals surface area contributed by atoms with E-state index in [9.17, 15) is 9.59 Å². The molecule has 1 aromatic carbocycles. The smallest absolute Gasteiger partial charge is 0.322 e. The molecule has 0 bridgehead atoms. The van der Waals surface area contributed by atoms with Crippen molar-refractivity contribution in [2.75, 3.05) is 31.7 Å². The highest BCUT2D eigenvalue weighted by atomic mass is 16.6. The molecule has 0 radical (unpaired) electrons. The quantitative estimate of drug-likeness (QED) is 0.557. The van der Waals surface area contributed by atoms with E-state index in [1.165, 1.54) is 0 Å². The Kier molecular flexibility index (Phi) is 7.81. The highest BCUT2D eigenvalue weighted by Crippen LogP contribution is 2.16. The lowest BCUT2D eigenvalue weighted by molar-refractivity contribution is -0.160. The highest BCUT2D eigenvalue weighted by molar-refractivity contribution is 5.95. The van der Waals surface area contributed by atoms with Gasteiger partial charge >= 0.3 is 11.9 Å². The standard InChI is InChI=1S/C16H23NO5/c1-4-20-13-9-7-12(8-10-13)17-11-14(15(18)21-5-2)16(19)22-6-3/h7-10,14,17H,4-6,11H2,1-3H3. The first-order valence-electron chi connectivity index (χ1n) is 7.42. The van der Waals surface area contributed by atoms with Gasteiger partial charge < -0.3 is 19.5 Å². The van der Waals surface area contributed by atoms with Gasteiger partial charge in [-0.15, -0.1) is 0 Å². The topological polar surface area (TPSA) is 73.9 Å². The van der Waals surface area contributed by atoms with Crippen LogP contribution in [0.2, 0.25) is 0 Å². The van der Waals surface area contributed by atoms with Gasteiger partial charge in [-0.3, -0.25) is 9.59 Å². The molecule has 6 heteroatoms. The summed E-state index contributed by atoms with van der Waals surface area (Å²) in [7, 11) is 0. The molecule has 0 spiro atoms. The second kappa shape index (κ2) is 9.65. The SMILES string of the molecule is CCOC(=O)C(CNc1ccc(OCC)cc1)C(=O)OCC. The van der Waals surface area contributed by atoms with Crippen LogP contribution in [-0.4, -0.2) is 38.3 Å².